The van der Waals surface area contributed by atoms with Crippen LogP contribution < -0.4 is 48.3 Å². The van der Waals surface area contributed by atoms with E-state index in [2.05, 4.69) is 42.5 Å². The molecule has 1 heterocycles. The van der Waals surface area contributed by atoms with Gasteiger partial charge in [-0.15, -0.1) is 0 Å². The van der Waals surface area contributed by atoms with E-state index in [9.17, 15) is 63.0 Å². The lowest BCUT2D eigenvalue weighted by molar-refractivity contribution is -0.147. The summed E-state index contributed by atoms with van der Waals surface area (Å²) in [7, 11) is 8.23. The molecule has 0 saturated carbocycles. The molecule has 1 saturated heterocycles. The highest BCUT2D eigenvalue weighted by Gasteiger charge is 2.43. The van der Waals surface area contributed by atoms with E-state index in [0.29, 0.717) is 25.8 Å². The number of nitrogens with one attached hydrogen (secondary N) is 8. The number of methoxy groups -OCH3 is 2. The van der Waals surface area contributed by atoms with Crippen LogP contribution in [0.4, 0.5) is 4.79 Å². The number of likely N-dealkylation sites (tertiary alicyclic amines) is 1. The predicted octanol–water partition coefficient (Wildman–Crippen LogP) is 0.734. The third-order valence-electron chi connectivity index (χ3n) is 17.0. The lowest BCUT2D eigenvalue weighted by atomic mass is 9.90. The van der Waals surface area contributed by atoms with E-state index >= 15 is 0 Å². The number of aliphatic hydroxyl groups excluding tert-OH is 1. The number of amides is 9. The van der Waals surface area contributed by atoms with Crippen LogP contribution in [0.2, 0.25) is 0 Å². The molecule has 0 bridgehead atoms. The number of nitrogens with two attached hydrogens (primary N) is 1. The molecular weight excluding hydrogens is 1260 g/mol. The Bertz CT molecular complexity index is 2660. The Kier molecular flexibility index (Phi) is 38.4. The summed E-state index contributed by atoms with van der Waals surface area (Å²) in [5, 5.41) is 41.3. The molecule has 9 amide bonds. The van der Waals surface area contributed by atoms with Crippen molar-refractivity contribution in [1.82, 2.24) is 57.2 Å². The van der Waals surface area contributed by atoms with E-state index in [1.54, 1.807) is 54.7 Å². The van der Waals surface area contributed by atoms with E-state index < -0.39 is 138 Å². The van der Waals surface area contributed by atoms with E-state index in [1.165, 1.54) is 21.1 Å². The number of ether oxygens (including phenoxy) is 5. The molecule has 6 unspecified atom stereocenters. The summed E-state index contributed by atoms with van der Waals surface area (Å²) >= 11 is 0. The van der Waals surface area contributed by atoms with Gasteiger partial charge in [0.25, 0.3) is 0 Å². The predicted molar refractivity (Wildman–Crippen MR) is 362 cm³/mol. The maximum atomic E-state index is 14.4. The standard InChI is InChI=1S/C67H116N12O18/c1-17-42(4)57(78(14)55(84)37-71-62(88)56(41(2)3)77(12)13)51(93-15)36-54(83)79-33-21-25-50(79)58(94-16)44(6)59(85)75-48(35-46-23-19-18-20-24-46)60(86)69-31-22-34-95-64(91)45(7)73-52(81)27-26-47(63(89)90)74-53(82)28-32-70-65(92)96-39-49(76-67(11,40-80)29-30-68)61(87)72-43(5)38-97-66(8,9)10/h18-20,23-24,41-45,47-51,56-58,76,80H,17,21-22,25-40,68H2,1-16H3,(H,69,86)(H,70,92)(H,71,88)(H,72,87)(H,73,81)(H,74,82)(H,75,85)(H,89,90)/t42-,43?,44+,45?,47?,48-,49?,50-,51+,56?,57-,58+,67?/m0/s1. The molecule has 13 atom stereocenters. The Morgan fingerprint density at radius 2 is 1.41 bits per heavy atom. The maximum absolute atomic E-state index is 14.4. The van der Waals surface area contributed by atoms with Crippen molar-refractivity contribution < 1.29 is 86.6 Å². The number of rotatable bonds is 45. The number of alkyl carbamates (subject to hydrolysis) is 1. The number of likely N-dealkylation sites (N-methyl/N-ethyl adjacent to an activating group) is 2. The normalized spacial score (nSPS) is 17.2. The lowest BCUT2D eigenvalue weighted by Crippen LogP contribution is -2.59. The van der Waals surface area contributed by atoms with Gasteiger partial charge in [-0.3, -0.25) is 48.6 Å². The summed E-state index contributed by atoms with van der Waals surface area (Å²) in [5.74, 6) is -7.09. The van der Waals surface area contributed by atoms with Gasteiger partial charge in [0, 0.05) is 71.7 Å². The van der Waals surface area contributed by atoms with Gasteiger partial charge in [-0.2, -0.15) is 0 Å². The third-order valence-corrected chi connectivity index (χ3v) is 17.0. The first-order valence-electron chi connectivity index (χ1n) is 33.7. The van der Waals surface area contributed by atoms with Crippen molar-refractivity contribution in [1.29, 1.82) is 0 Å². The molecule has 1 aliphatic heterocycles. The first kappa shape index (κ1) is 86.0. The fraction of sp³-hybridized carbons (Fsp3) is 0.746. The zero-order valence-corrected chi connectivity index (χ0v) is 60.2. The summed E-state index contributed by atoms with van der Waals surface area (Å²) in [4.78, 5) is 151. The number of nitrogens with zero attached hydrogens (tertiary/aromatic N) is 3. The van der Waals surface area contributed by atoms with Gasteiger partial charge in [-0.1, -0.05) is 71.4 Å². The Morgan fingerprint density at radius 3 is 1.99 bits per heavy atom. The first-order chi connectivity index (χ1) is 45.6. The van der Waals surface area contributed by atoms with Crippen molar-refractivity contribution in [3.05, 3.63) is 35.9 Å². The molecule has 1 aromatic carbocycles. The topological polar surface area (TPSA) is 406 Å². The average Bonchev–Trinajstić information content (AvgIpc) is 1.79. The second kappa shape index (κ2) is 43.3. The number of carbonyl (C=O) groups is 11. The van der Waals surface area contributed by atoms with Crippen LogP contribution in [-0.4, -0.2) is 256 Å². The number of carbonyl (C=O) groups excluding carboxylic acids is 10. The Balaban J connectivity index is 1.97. The van der Waals surface area contributed by atoms with E-state index in [1.807, 2.05) is 80.8 Å². The van der Waals surface area contributed by atoms with E-state index in [-0.39, 0.29) is 114 Å². The molecule has 0 spiro atoms. The molecule has 0 radical (unpaired) electrons. The van der Waals surface area contributed by atoms with Gasteiger partial charge in [0.05, 0.1) is 74.6 Å². The summed E-state index contributed by atoms with van der Waals surface area (Å²) in [6.45, 7) is 19.1. The maximum Gasteiger partial charge on any atom is 0.407 e. The average molecular weight is 1380 g/mol. The van der Waals surface area contributed by atoms with E-state index in [0.717, 1.165) is 5.56 Å². The summed E-state index contributed by atoms with van der Waals surface area (Å²) in [6, 6.07) is 2.29. The first-order valence-corrected chi connectivity index (χ1v) is 33.7. The molecule has 552 valence electrons. The zero-order chi connectivity index (χ0) is 73.3. The number of aliphatic hydroxyl groups is 1. The second-order valence-electron chi connectivity index (χ2n) is 26.9. The second-order valence-corrected chi connectivity index (χ2v) is 26.9. The summed E-state index contributed by atoms with van der Waals surface area (Å²) in [5.41, 5.74) is 5.03. The Morgan fingerprint density at radius 1 is 0.753 bits per heavy atom. The van der Waals surface area contributed by atoms with Crippen molar-refractivity contribution >= 4 is 65.3 Å². The zero-order valence-electron chi connectivity index (χ0n) is 60.2. The lowest BCUT2D eigenvalue weighted by Gasteiger charge is -2.39. The minimum absolute atomic E-state index is 0.00631. The van der Waals surface area contributed by atoms with Crippen LogP contribution in [0.3, 0.4) is 0 Å². The number of carboxylic acid groups (broad SMARTS) is 1. The highest BCUT2D eigenvalue weighted by Crippen LogP contribution is 2.30. The molecule has 2 rings (SSSR count). The molecular formula is C67H116N12O18. The quantitative estimate of drug-likeness (QED) is 0.0317. The number of aliphatic carboxylic acids is 1. The summed E-state index contributed by atoms with van der Waals surface area (Å²) in [6.07, 6.45) is -1.34. The highest BCUT2D eigenvalue weighted by molar-refractivity contribution is 5.90. The fourth-order valence-corrected chi connectivity index (χ4v) is 11.5. The van der Waals surface area contributed by atoms with Gasteiger partial charge in [0.1, 0.15) is 30.8 Å². The summed E-state index contributed by atoms with van der Waals surface area (Å²) < 4.78 is 28.4. The Labute approximate surface area is 573 Å². The highest BCUT2D eigenvalue weighted by atomic mass is 16.6. The van der Waals surface area contributed by atoms with Crippen LogP contribution in [0.25, 0.3) is 0 Å². The minimum atomic E-state index is -1.52. The molecule has 30 heteroatoms. The van der Waals surface area contributed by atoms with Crippen LogP contribution in [0.5, 0.6) is 0 Å². The Hall–Kier alpha value is -7.09. The van der Waals surface area contributed by atoms with Gasteiger partial charge in [-0.25, -0.2) is 14.4 Å². The van der Waals surface area contributed by atoms with Crippen molar-refractivity contribution in [3.8, 4) is 0 Å². The molecule has 1 aliphatic rings. The SMILES string of the molecule is CC[C@H](C)[C@@H]([C@@H](CC(=O)N1CCC[C@H]1[C@H](OC)[C@@H](C)C(=O)N[C@@H](Cc1ccccc1)C(=O)NCCCOC(=O)C(C)NC(=O)CCC(NC(=O)CCNC(=O)OCC(NC(C)(CO)CCN)C(=O)NC(C)COC(C)(C)C)C(=O)O)OC)N(C)C(=O)CNC(=O)C(C(C)C)N(C)C. The molecule has 1 aromatic rings. The van der Waals surface area contributed by atoms with Crippen LogP contribution in [0.15, 0.2) is 30.3 Å². The smallest absolute Gasteiger partial charge is 0.407 e. The molecule has 30 nitrogen and oxygen atoms in total. The molecule has 1 fully saturated rings. The number of hydrogen-bond donors (Lipinski definition) is 11. The molecule has 0 aliphatic carbocycles. The van der Waals surface area contributed by atoms with Crippen molar-refractivity contribution in [2.24, 2.45) is 23.5 Å². The molecule has 97 heavy (non-hydrogen) atoms. The van der Waals surface area contributed by atoms with Crippen molar-refractivity contribution in [3.63, 3.8) is 0 Å². The number of esters is 1. The fourth-order valence-electron chi connectivity index (χ4n) is 11.5. The largest absolute Gasteiger partial charge is 0.480 e. The van der Waals surface area contributed by atoms with Gasteiger partial charge in [0.2, 0.25) is 47.3 Å². The van der Waals surface area contributed by atoms with Crippen LogP contribution in [0.1, 0.15) is 140 Å². The van der Waals surface area contributed by atoms with Crippen LogP contribution in [0, 0.1) is 17.8 Å². The molecule has 12 N–H and O–H groups in total. The van der Waals surface area contributed by atoms with Gasteiger partial charge < -0.3 is 86.6 Å². The van der Waals surface area contributed by atoms with Gasteiger partial charge in [-0.05, 0) is 112 Å². The molecule has 0 aromatic heterocycles. The monoisotopic (exact) mass is 1380 g/mol. The van der Waals surface area contributed by atoms with Crippen molar-refractivity contribution in [2.75, 3.05) is 94.5 Å². The van der Waals surface area contributed by atoms with Crippen LogP contribution >= 0.6 is 0 Å². The van der Waals surface area contributed by atoms with Gasteiger partial charge >= 0.3 is 18.0 Å². The number of benzene rings is 1. The van der Waals surface area contributed by atoms with Gasteiger partial charge in [0.15, 0.2) is 0 Å². The van der Waals surface area contributed by atoms with Crippen LogP contribution in [-0.2, 0) is 78.1 Å². The van der Waals surface area contributed by atoms with Crippen molar-refractivity contribution in [2.45, 2.75) is 212 Å². The van der Waals surface area contributed by atoms with E-state index in [4.69, 9.17) is 29.4 Å². The number of hydrogen-bond acceptors (Lipinski definition) is 20. The third kappa shape index (κ3) is 30.7. The number of carboxylic acids is 1. The minimum Gasteiger partial charge on any atom is -0.480 e.